The summed E-state index contributed by atoms with van der Waals surface area (Å²) in [6, 6.07) is 3.50. The number of carbonyl (C=O) groups is 1. The Labute approximate surface area is 138 Å². The van der Waals surface area contributed by atoms with Gasteiger partial charge in [0.25, 0.3) is 0 Å². The van der Waals surface area contributed by atoms with Gasteiger partial charge >= 0.3 is 0 Å². The quantitative estimate of drug-likeness (QED) is 0.723. The highest BCUT2D eigenvalue weighted by Gasteiger charge is 2.22. The van der Waals surface area contributed by atoms with Gasteiger partial charge in [0.05, 0.1) is 26.9 Å². The normalized spacial score (nSPS) is 18.5. The first kappa shape index (κ1) is 17.6. The van der Waals surface area contributed by atoms with Crippen LogP contribution in [0.2, 0.25) is 0 Å². The molecule has 0 aromatic heterocycles. The maximum absolute atomic E-state index is 12.6. The summed E-state index contributed by atoms with van der Waals surface area (Å²) in [5, 5.41) is 0. The number of piperidine rings is 1. The van der Waals surface area contributed by atoms with Crippen molar-refractivity contribution in [2.75, 3.05) is 41.0 Å². The maximum Gasteiger partial charge on any atom is 0.204 e. The Balaban J connectivity index is 2.09. The van der Waals surface area contributed by atoms with E-state index >= 15 is 0 Å². The fraction of sp³-hybridized carbons (Fsp3) is 0.611. The number of likely N-dealkylation sites (tertiary alicyclic amines) is 1. The lowest BCUT2D eigenvalue weighted by atomic mass is 9.99. The van der Waals surface area contributed by atoms with Crippen LogP contribution in [0.4, 0.5) is 0 Å². The molecule has 0 bridgehead atoms. The van der Waals surface area contributed by atoms with Gasteiger partial charge in [0.1, 0.15) is 0 Å². The first-order valence-corrected chi connectivity index (χ1v) is 8.15. The van der Waals surface area contributed by atoms with E-state index in [4.69, 9.17) is 14.2 Å². The van der Waals surface area contributed by atoms with Gasteiger partial charge in [0.15, 0.2) is 17.3 Å². The number of ketones is 1. The Morgan fingerprint density at radius 1 is 1.17 bits per heavy atom. The van der Waals surface area contributed by atoms with E-state index in [9.17, 15) is 4.79 Å². The Kier molecular flexibility index (Phi) is 6.28. The Bertz CT molecular complexity index is 544. The number of ether oxygens (including phenoxy) is 3. The van der Waals surface area contributed by atoms with Gasteiger partial charge < -0.3 is 19.1 Å². The van der Waals surface area contributed by atoms with Crippen molar-refractivity contribution in [1.29, 1.82) is 0 Å². The molecule has 1 atom stereocenters. The monoisotopic (exact) mass is 321 g/mol. The summed E-state index contributed by atoms with van der Waals surface area (Å²) in [6.45, 7) is 5.23. The molecule has 5 heteroatoms. The molecule has 0 N–H and O–H groups in total. The lowest BCUT2D eigenvalue weighted by Crippen LogP contribution is -2.35. The Morgan fingerprint density at radius 3 is 2.52 bits per heavy atom. The van der Waals surface area contributed by atoms with E-state index in [1.54, 1.807) is 33.5 Å². The van der Waals surface area contributed by atoms with E-state index < -0.39 is 0 Å². The van der Waals surface area contributed by atoms with Gasteiger partial charge in [-0.2, -0.15) is 0 Å². The van der Waals surface area contributed by atoms with E-state index in [0.29, 0.717) is 29.2 Å². The lowest BCUT2D eigenvalue weighted by Gasteiger charge is -2.30. The number of carbonyl (C=O) groups excluding carboxylic acids is 1. The zero-order valence-corrected chi connectivity index (χ0v) is 14.6. The van der Waals surface area contributed by atoms with Gasteiger partial charge in [-0.15, -0.1) is 0 Å². The molecule has 1 heterocycles. The Morgan fingerprint density at radius 2 is 1.91 bits per heavy atom. The number of rotatable bonds is 7. The molecular weight excluding hydrogens is 294 g/mol. The van der Waals surface area contributed by atoms with Crippen LogP contribution < -0.4 is 14.2 Å². The minimum atomic E-state index is 0.0704. The third kappa shape index (κ3) is 4.16. The molecule has 128 valence electrons. The van der Waals surface area contributed by atoms with Crippen molar-refractivity contribution >= 4 is 5.78 Å². The van der Waals surface area contributed by atoms with Gasteiger partial charge in [-0.05, 0) is 37.4 Å². The number of Topliss-reactive ketones (excluding diaryl/α,β-unsaturated/α-hetero) is 1. The molecule has 23 heavy (non-hydrogen) atoms. The summed E-state index contributed by atoms with van der Waals surface area (Å²) >= 11 is 0. The summed E-state index contributed by atoms with van der Waals surface area (Å²) in [4.78, 5) is 15.0. The van der Waals surface area contributed by atoms with Crippen molar-refractivity contribution in [3.8, 4) is 17.2 Å². The van der Waals surface area contributed by atoms with Crippen molar-refractivity contribution < 1.29 is 19.0 Å². The van der Waals surface area contributed by atoms with Gasteiger partial charge in [0, 0.05) is 19.5 Å². The van der Waals surface area contributed by atoms with Crippen LogP contribution in [0.25, 0.3) is 0 Å². The van der Waals surface area contributed by atoms with E-state index in [1.165, 1.54) is 12.8 Å². The number of benzene rings is 1. The van der Waals surface area contributed by atoms with Gasteiger partial charge in [-0.3, -0.25) is 4.79 Å². The third-order valence-electron chi connectivity index (χ3n) is 4.40. The second-order valence-corrected chi connectivity index (χ2v) is 6.10. The van der Waals surface area contributed by atoms with Crippen molar-refractivity contribution in [2.24, 2.45) is 5.92 Å². The number of methoxy groups -OCH3 is 3. The largest absolute Gasteiger partial charge is 0.493 e. The highest BCUT2D eigenvalue weighted by atomic mass is 16.5. The second kappa shape index (κ2) is 8.20. The van der Waals surface area contributed by atoms with E-state index in [0.717, 1.165) is 25.6 Å². The smallest absolute Gasteiger partial charge is 0.204 e. The SMILES string of the molecule is COc1ccc(C(=O)CCN2CCCC(C)C2)c(OC)c1OC. The summed E-state index contributed by atoms with van der Waals surface area (Å²) in [5.41, 5.74) is 0.551. The van der Waals surface area contributed by atoms with Crippen LogP contribution in [0.1, 0.15) is 36.5 Å². The predicted octanol–water partition coefficient (Wildman–Crippen LogP) is 3.02. The van der Waals surface area contributed by atoms with Crippen LogP contribution in [-0.2, 0) is 0 Å². The lowest BCUT2D eigenvalue weighted by molar-refractivity contribution is 0.0945. The van der Waals surface area contributed by atoms with Gasteiger partial charge in [0.2, 0.25) is 5.75 Å². The molecule has 0 amide bonds. The van der Waals surface area contributed by atoms with E-state index in [-0.39, 0.29) is 5.78 Å². The molecule has 2 rings (SSSR count). The second-order valence-electron chi connectivity index (χ2n) is 6.10. The molecule has 1 saturated heterocycles. The van der Waals surface area contributed by atoms with Gasteiger partial charge in [-0.25, -0.2) is 0 Å². The minimum Gasteiger partial charge on any atom is -0.493 e. The van der Waals surface area contributed by atoms with Crippen molar-refractivity contribution in [3.63, 3.8) is 0 Å². The molecule has 0 spiro atoms. The average Bonchev–Trinajstić information content (AvgIpc) is 2.58. The van der Waals surface area contributed by atoms with Crippen molar-refractivity contribution in [2.45, 2.75) is 26.2 Å². The average molecular weight is 321 g/mol. The number of nitrogens with zero attached hydrogens (tertiary/aromatic N) is 1. The fourth-order valence-corrected chi connectivity index (χ4v) is 3.20. The van der Waals surface area contributed by atoms with Crippen LogP contribution in [0, 0.1) is 5.92 Å². The predicted molar refractivity (Wildman–Crippen MR) is 89.9 cm³/mol. The summed E-state index contributed by atoms with van der Waals surface area (Å²) < 4.78 is 16.0. The minimum absolute atomic E-state index is 0.0704. The zero-order valence-electron chi connectivity index (χ0n) is 14.6. The van der Waals surface area contributed by atoms with Crippen LogP contribution in [-0.4, -0.2) is 51.6 Å². The first-order valence-electron chi connectivity index (χ1n) is 8.15. The summed E-state index contributed by atoms with van der Waals surface area (Å²) in [5.74, 6) is 2.26. The third-order valence-corrected chi connectivity index (χ3v) is 4.40. The topological polar surface area (TPSA) is 48.0 Å². The Hall–Kier alpha value is -1.75. The highest BCUT2D eigenvalue weighted by molar-refractivity contribution is 6.00. The molecule has 1 aromatic carbocycles. The maximum atomic E-state index is 12.6. The molecule has 5 nitrogen and oxygen atoms in total. The standard InChI is InChI=1S/C18H27NO4/c1-13-6-5-10-19(12-13)11-9-15(20)14-7-8-16(21-2)18(23-4)17(14)22-3/h7-8,13H,5-6,9-12H2,1-4H3. The molecule has 0 aliphatic carbocycles. The molecular formula is C18H27NO4. The van der Waals surface area contributed by atoms with Crippen molar-refractivity contribution in [1.82, 2.24) is 4.90 Å². The first-order chi connectivity index (χ1) is 11.1. The van der Waals surface area contributed by atoms with Gasteiger partial charge in [-0.1, -0.05) is 6.92 Å². The molecule has 0 saturated carbocycles. The highest BCUT2D eigenvalue weighted by Crippen LogP contribution is 2.40. The summed E-state index contributed by atoms with van der Waals surface area (Å²) in [6.07, 6.45) is 2.99. The number of hydrogen-bond acceptors (Lipinski definition) is 5. The number of hydrogen-bond donors (Lipinski definition) is 0. The zero-order chi connectivity index (χ0) is 16.8. The van der Waals surface area contributed by atoms with E-state index in [1.807, 2.05) is 0 Å². The molecule has 1 fully saturated rings. The molecule has 1 aliphatic heterocycles. The van der Waals surface area contributed by atoms with E-state index in [2.05, 4.69) is 11.8 Å². The van der Waals surface area contributed by atoms with Crippen LogP contribution in [0.15, 0.2) is 12.1 Å². The van der Waals surface area contributed by atoms with Crippen molar-refractivity contribution in [3.05, 3.63) is 17.7 Å². The molecule has 0 radical (unpaired) electrons. The van der Waals surface area contributed by atoms with Crippen LogP contribution in [0.3, 0.4) is 0 Å². The molecule has 1 aromatic rings. The summed E-state index contributed by atoms with van der Waals surface area (Å²) in [7, 11) is 4.65. The van der Waals surface area contributed by atoms with Crippen LogP contribution in [0.5, 0.6) is 17.2 Å². The molecule has 1 aliphatic rings. The van der Waals surface area contributed by atoms with Crippen LogP contribution >= 0.6 is 0 Å². The fourth-order valence-electron chi connectivity index (χ4n) is 3.20. The molecule has 1 unspecified atom stereocenters.